The highest BCUT2D eigenvalue weighted by molar-refractivity contribution is 6.18. The summed E-state index contributed by atoms with van der Waals surface area (Å²) in [6.45, 7) is 1.98. The lowest BCUT2D eigenvalue weighted by atomic mass is 9.64. The number of nitro groups is 1. The Hall–Kier alpha value is -5.37. The Labute approximate surface area is 241 Å². The summed E-state index contributed by atoms with van der Waals surface area (Å²) in [5.41, 5.74) is 2.61. The quantitative estimate of drug-likeness (QED) is 0.191. The number of para-hydroxylation sites is 1. The molecule has 4 aromatic carbocycles. The first-order valence-corrected chi connectivity index (χ1v) is 13.7. The lowest BCUT2D eigenvalue weighted by Gasteiger charge is -2.37. The van der Waals surface area contributed by atoms with Crippen LogP contribution in [-0.2, 0) is 10.2 Å². The minimum atomic E-state index is -1.48. The smallest absolute Gasteiger partial charge is 0.270 e. The largest absolute Gasteiger partial charge is 0.352 e. The number of ketones is 2. The molecule has 0 saturated carbocycles. The molecule has 8 nitrogen and oxygen atoms in total. The van der Waals surface area contributed by atoms with Crippen molar-refractivity contribution in [2.45, 2.75) is 24.4 Å². The van der Waals surface area contributed by atoms with Crippen LogP contribution in [0.3, 0.4) is 0 Å². The molecule has 1 amide bonds. The van der Waals surface area contributed by atoms with E-state index in [0.29, 0.717) is 16.8 Å². The van der Waals surface area contributed by atoms with E-state index in [9.17, 15) is 24.5 Å². The van der Waals surface area contributed by atoms with Crippen LogP contribution in [0.25, 0.3) is 6.08 Å². The zero-order valence-corrected chi connectivity index (χ0v) is 22.6. The first kappa shape index (κ1) is 25.6. The van der Waals surface area contributed by atoms with E-state index in [-0.39, 0.29) is 22.9 Å². The summed E-state index contributed by atoms with van der Waals surface area (Å²) in [6.07, 6.45) is 3.86. The molecule has 0 aliphatic carbocycles. The maximum absolute atomic E-state index is 14.8. The van der Waals surface area contributed by atoms with E-state index >= 15 is 0 Å². The number of carbonyl (C=O) groups is 3. The van der Waals surface area contributed by atoms with Gasteiger partial charge >= 0.3 is 0 Å². The number of nitrogens with one attached hydrogen (secondary N) is 1. The predicted octanol–water partition coefficient (Wildman–Crippen LogP) is 5.76. The lowest BCUT2D eigenvalue weighted by molar-refractivity contribution is -0.384. The van der Waals surface area contributed by atoms with Gasteiger partial charge in [-0.3, -0.25) is 24.5 Å². The van der Waals surface area contributed by atoms with E-state index in [2.05, 4.69) is 5.32 Å². The fourth-order valence-electron chi connectivity index (χ4n) is 7.02. The summed E-state index contributed by atoms with van der Waals surface area (Å²) < 4.78 is 0. The number of amides is 1. The third-order valence-corrected chi connectivity index (χ3v) is 8.74. The van der Waals surface area contributed by atoms with Crippen LogP contribution in [0.2, 0.25) is 0 Å². The maximum Gasteiger partial charge on any atom is 0.270 e. The third-order valence-electron chi connectivity index (χ3n) is 8.74. The van der Waals surface area contributed by atoms with Crippen molar-refractivity contribution in [2.24, 2.45) is 5.92 Å². The van der Waals surface area contributed by atoms with Gasteiger partial charge in [0.1, 0.15) is 11.5 Å². The second-order valence-electron chi connectivity index (χ2n) is 11.0. The molecule has 7 rings (SSSR count). The van der Waals surface area contributed by atoms with Crippen molar-refractivity contribution in [3.63, 3.8) is 0 Å². The number of fused-ring (bicyclic) bond motifs is 6. The van der Waals surface area contributed by atoms with Crippen molar-refractivity contribution in [1.82, 2.24) is 0 Å². The van der Waals surface area contributed by atoms with Crippen LogP contribution in [0.4, 0.5) is 17.1 Å². The second-order valence-corrected chi connectivity index (χ2v) is 11.0. The SMILES string of the molecule is Cc1ccc2c(c1)C=C[C@@H]1N2[C@H](C(=O)c2ccccc2)[C@@H](C(=O)c2cccc([N+](=O)[O-])c2)[C@]12C(=O)Nc1ccccc12. The van der Waals surface area contributed by atoms with E-state index in [4.69, 9.17) is 0 Å². The van der Waals surface area contributed by atoms with Crippen molar-refractivity contribution in [3.8, 4) is 0 Å². The minimum Gasteiger partial charge on any atom is -0.352 e. The standard InChI is InChI=1S/C34H25N3O5/c1-20-14-16-27-22(18-20)15-17-28-34(25-12-5-6-13-26(25)35-33(34)40)29(31(38)23-10-7-11-24(19-23)37(41)42)30(36(27)28)32(39)21-8-3-2-4-9-21/h2-19,28-30H,1H3,(H,35,40)/t28-,29-,30-,34+/m0/s1. The summed E-state index contributed by atoms with van der Waals surface area (Å²) in [5, 5.41) is 14.6. The second kappa shape index (κ2) is 9.34. The van der Waals surface area contributed by atoms with Crippen LogP contribution in [-0.4, -0.2) is 34.5 Å². The van der Waals surface area contributed by atoms with Gasteiger partial charge in [0, 0.05) is 34.6 Å². The predicted molar refractivity (Wildman–Crippen MR) is 159 cm³/mol. The van der Waals surface area contributed by atoms with E-state index in [1.165, 1.54) is 24.3 Å². The number of Topliss-reactive ketones (excluding diaryl/α,β-unsaturated/α-hetero) is 2. The van der Waals surface area contributed by atoms with Gasteiger partial charge in [0.25, 0.3) is 5.69 Å². The van der Waals surface area contributed by atoms with Crippen molar-refractivity contribution >= 4 is 40.6 Å². The van der Waals surface area contributed by atoms with Crippen molar-refractivity contribution in [3.05, 3.63) is 141 Å². The summed E-state index contributed by atoms with van der Waals surface area (Å²) in [5.74, 6) is -2.39. The van der Waals surface area contributed by atoms with Crippen LogP contribution in [0, 0.1) is 23.0 Å². The van der Waals surface area contributed by atoms with Crippen LogP contribution in [0.1, 0.15) is 37.4 Å². The monoisotopic (exact) mass is 555 g/mol. The molecule has 206 valence electrons. The molecule has 1 spiro atoms. The van der Waals surface area contributed by atoms with Gasteiger partial charge < -0.3 is 10.2 Å². The number of non-ortho nitro benzene ring substituents is 1. The Kier molecular flexibility index (Phi) is 5.69. The Morgan fingerprint density at radius 3 is 2.40 bits per heavy atom. The number of benzene rings is 4. The van der Waals surface area contributed by atoms with Crippen molar-refractivity contribution in [2.75, 3.05) is 10.2 Å². The summed E-state index contributed by atoms with van der Waals surface area (Å²) in [4.78, 5) is 56.8. The molecule has 0 aromatic heterocycles. The highest BCUT2D eigenvalue weighted by Gasteiger charge is 2.70. The van der Waals surface area contributed by atoms with Gasteiger partial charge in [-0.1, -0.05) is 84.4 Å². The number of hydrogen-bond donors (Lipinski definition) is 1. The molecule has 3 aliphatic heterocycles. The van der Waals surface area contributed by atoms with Crippen molar-refractivity contribution in [1.29, 1.82) is 0 Å². The average Bonchev–Trinajstić information content (AvgIpc) is 3.49. The van der Waals surface area contributed by atoms with Crippen LogP contribution < -0.4 is 10.2 Å². The van der Waals surface area contributed by atoms with Gasteiger partial charge in [0.05, 0.1) is 16.9 Å². The zero-order valence-electron chi connectivity index (χ0n) is 22.6. The normalized spacial score (nSPS) is 23.2. The molecule has 0 unspecified atom stereocenters. The van der Waals surface area contributed by atoms with Gasteiger partial charge in [-0.15, -0.1) is 0 Å². The number of hydrogen-bond acceptors (Lipinski definition) is 6. The first-order valence-electron chi connectivity index (χ1n) is 13.7. The summed E-state index contributed by atoms with van der Waals surface area (Å²) >= 11 is 0. The van der Waals surface area contributed by atoms with Gasteiger partial charge in [0.2, 0.25) is 5.91 Å². The highest BCUT2D eigenvalue weighted by Crippen LogP contribution is 2.58. The number of nitrogens with zero attached hydrogens (tertiary/aromatic N) is 2. The Balaban J connectivity index is 1.54. The first-order chi connectivity index (χ1) is 20.3. The maximum atomic E-state index is 14.8. The lowest BCUT2D eigenvalue weighted by Crippen LogP contribution is -2.51. The molecular formula is C34H25N3O5. The summed E-state index contributed by atoms with van der Waals surface area (Å²) in [7, 11) is 0. The molecule has 4 atom stereocenters. The van der Waals surface area contributed by atoms with E-state index in [1.54, 1.807) is 30.3 Å². The van der Waals surface area contributed by atoms with Crippen LogP contribution in [0.15, 0.2) is 103 Å². The summed E-state index contributed by atoms with van der Waals surface area (Å²) in [6, 6.07) is 25.6. The molecule has 0 bridgehead atoms. The van der Waals surface area contributed by atoms with Crippen LogP contribution in [0.5, 0.6) is 0 Å². The van der Waals surface area contributed by atoms with E-state index < -0.39 is 34.1 Å². The Bertz CT molecular complexity index is 1850. The molecule has 4 aromatic rings. The molecule has 1 N–H and O–H groups in total. The van der Waals surface area contributed by atoms with Crippen LogP contribution >= 0.6 is 0 Å². The number of anilines is 2. The number of carbonyl (C=O) groups excluding carboxylic acids is 3. The van der Waals surface area contributed by atoms with Gasteiger partial charge in [-0.05, 0) is 36.2 Å². The molecule has 1 saturated heterocycles. The zero-order chi connectivity index (χ0) is 29.2. The van der Waals surface area contributed by atoms with Crippen molar-refractivity contribution < 1.29 is 19.3 Å². The number of aryl methyl sites for hydroxylation is 1. The van der Waals surface area contributed by atoms with Gasteiger partial charge in [-0.25, -0.2) is 0 Å². The topological polar surface area (TPSA) is 110 Å². The number of rotatable bonds is 5. The van der Waals surface area contributed by atoms with E-state index in [0.717, 1.165) is 16.8 Å². The fraction of sp³-hybridized carbons (Fsp3) is 0.147. The van der Waals surface area contributed by atoms with E-state index in [1.807, 2.05) is 66.4 Å². The third kappa shape index (κ3) is 3.51. The highest BCUT2D eigenvalue weighted by atomic mass is 16.6. The molecule has 1 fully saturated rings. The molecule has 3 heterocycles. The van der Waals surface area contributed by atoms with Gasteiger partial charge in [-0.2, -0.15) is 0 Å². The van der Waals surface area contributed by atoms with Gasteiger partial charge in [0.15, 0.2) is 11.6 Å². The fourth-order valence-corrected chi connectivity index (χ4v) is 7.02. The Morgan fingerprint density at radius 2 is 1.62 bits per heavy atom. The number of nitro benzene ring substituents is 1. The Morgan fingerprint density at radius 1 is 0.881 bits per heavy atom. The molecular weight excluding hydrogens is 530 g/mol. The minimum absolute atomic E-state index is 0.0737. The molecule has 3 aliphatic rings. The molecule has 42 heavy (non-hydrogen) atoms. The molecule has 8 heteroatoms. The average molecular weight is 556 g/mol. The molecule has 0 radical (unpaired) electrons.